The first kappa shape index (κ1) is 9.70. The minimum atomic E-state index is -1.67. The molecule has 1 rings (SSSR count). The van der Waals surface area contributed by atoms with Crippen molar-refractivity contribution in [1.29, 1.82) is 0 Å². The number of carboxylic acids is 1. The number of halogens is 1. The molecule has 0 saturated heterocycles. The van der Waals surface area contributed by atoms with E-state index in [-0.39, 0.29) is 18.1 Å². The Bertz CT molecular complexity index is 313. The van der Waals surface area contributed by atoms with Gasteiger partial charge in [-0.1, -0.05) is 0 Å². The minimum Gasteiger partial charge on any atom is -0.481 e. The van der Waals surface area contributed by atoms with Gasteiger partial charge < -0.3 is 9.52 Å². The van der Waals surface area contributed by atoms with Gasteiger partial charge in [0, 0.05) is 0 Å². The molecule has 0 aromatic carbocycles. The zero-order valence-electron chi connectivity index (χ0n) is 7.37. The van der Waals surface area contributed by atoms with Crippen molar-refractivity contribution < 1.29 is 18.7 Å². The summed E-state index contributed by atoms with van der Waals surface area (Å²) in [5.41, 5.74) is -1.67. The largest absolute Gasteiger partial charge is 0.481 e. The Balaban J connectivity index is 2.81. The van der Waals surface area contributed by atoms with Gasteiger partial charge >= 0.3 is 5.97 Å². The van der Waals surface area contributed by atoms with Crippen molar-refractivity contribution >= 4 is 5.97 Å². The summed E-state index contributed by atoms with van der Waals surface area (Å²) < 4.78 is 18.1. The third-order valence-corrected chi connectivity index (χ3v) is 1.39. The molecule has 0 aliphatic rings. The van der Waals surface area contributed by atoms with Gasteiger partial charge in [0.2, 0.25) is 5.89 Å². The molecule has 0 fully saturated rings. The highest BCUT2D eigenvalue weighted by Crippen LogP contribution is 2.23. The van der Waals surface area contributed by atoms with E-state index in [0.717, 1.165) is 0 Å². The smallest absolute Gasteiger partial charge is 0.311 e. The minimum absolute atomic E-state index is 0.0937. The lowest BCUT2D eigenvalue weighted by Crippen LogP contribution is -2.09. The number of carboxylic acid groups (broad SMARTS) is 1. The summed E-state index contributed by atoms with van der Waals surface area (Å²) in [6.45, 7) is 2.59. The second-order valence-corrected chi connectivity index (χ2v) is 3.17. The third kappa shape index (κ3) is 2.54. The molecule has 0 amide bonds. The summed E-state index contributed by atoms with van der Waals surface area (Å²) in [6.07, 6.45) is 0.952. The number of carbonyl (C=O) groups is 1. The standard InChI is InChI=1S/C8H10FNO3/c1-8(2,9)7-10-4-5(13-7)3-6(11)12/h4H,3H2,1-2H3,(H,11,12). The maximum absolute atomic E-state index is 13.2. The van der Waals surface area contributed by atoms with Gasteiger partial charge in [-0.25, -0.2) is 9.37 Å². The number of hydrogen-bond acceptors (Lipinski definition) is 3. The molecule has 0 radical (unpaired) electrons. The molecule has 0 unspecified atom stereocenters. The van der Waals surface area contributed by atoms with E-state index in [0.29, 0.717) is 0 Å². The topological polar surface area (TPSA) is 63.3 Å². The Labute approximate surface area is 74.4 Å². The zero-order valence-corrected chi connectivity index (χ0v) is 7.37. The fraction of sp³-hybridized carbons (Fsp3) is 0.500. The van der Waals surface area contributed by atoms with Crippen molar-refractivity contribution in [2.24, 2.45) is 0 Å². The quantitative estimate of drug-likeness (QED) is 0.778. The van der Waals surface area contributed by atoms with Crippen LogP contribution < -0.4 is 0 Å². The molecule has 0 aliphatic heterocycles. The second kappa shape index (κ2) is 3.16. The lowest BCUT2D eigenvalue weighted by Gasteiger charge is -2.07. The molecule has 0 bridgehead atoms. The fourth-order valence-corrected chi connectivity index (χ4v) is 0.813. The molecule has 13 heavy (non-hydrogen) atoms. The first-order chi connectivity index (χ1) is 5.89. The highest BCUT2D eigenvalue weighted by molar-refractivity contribution is 5.69. The van der Waals surface area contributed by atoms with E-state index < -0.39 is 11.6 Å². The summed E-state index contributed by atoms with van der Waals surface area (Å²) in [5, 5.41) is 8.40. The van der Waals surface area contributed by atoms with Gasteiger partial charge in [-0.2, -0.15) is 0 Å². The van der Waals surface area contributed by atoms with Crippen LogP contribution >= 0.6 is 0 Å². The summed E-state index contributed by atoms with van der Waals surface area (Å²) in [5.74, 6) is -0.962. The molecule has 0 saturated carbocycles. The second-order valence-electron chi connectivity index (χ2n) is 3.17. The number of alkyl halides is 1. The van der Waals surface area contributed by atoms with Crippen LogP contribution in [0.3, 0.4) is 0 Å². The Morgan fingerprint density at radius 3 is 2.77 bits per heavy atom. The van der Waals surface area contributed by atoms with Crippen LogP contribution in [-0.4, -0.2) is 16.1 Å². The van der Waals surface area contributed by atoms with Crippen LogP contribution in [0.2, 0.25) is 0 Å². The maximum Gasteiger partial charge on any atom is 0.311 e. The van der Waals surface area contributed by atoms with Crippen molar-refractivity contribution in [3.63, 3.8) is 0 Å². The molecule has 72 valence electrons. The van der Waals surface area contributed by atoms with Crippen LogP contribution in [0.4, 0.5) is 4.39 Å². The number of aromatic nitrogens is 1. The van der Waals surface area contributed by atoms with Gasteiger partial charge in [0.1, 0.15) is 12.2 Å². The number of nitrogens with zero attached hydrogens (tertiary/aromatic N) is 1. The molecule has 0 atom stereocenters. The van der Waals surface area contributed by atoms with Crippen molar-refractivity contribution in [2.45, 2.75) is 25.9 Å². The molecule has 1 aromatic heterocycles. The monoisotopic (exact) mass is 187 g/mol. The highest BCUT2D eigenvalue weighted by atomic mass is 19.1. The predicted molar refractivity (Wildman–Crippen MR) is 42.0 cm³/mol. The normalized spacial score (nSPS) is 11.6. The Morgan fingerprint density at radius 2 is 2.38 bits per heavy atom. The molecule has 0 spiro atoms. The fourth-order valence-electron chi connectivity index (χ4n) is 0.813. The van der Waals surface area contributed by atoms with Crippen LogP contribution in [-0.2, 0) is 16.9 Å². The lowest BCUT2D eigenvalue weighted by molar-refractivity contribution is -0.136. The van der Waals surface area contributed by atoms with Gasteiger partial charge in [-0.05, 0) is 13.8 Å². The van der Waals surface area contributed by atoms with Crippen LogP contribution in [0.25, 0.3) is 0 Å². The first-order valence-electron chi connectivity index (χ1n) is 3.75. The van der Waals surface area contributed by atoms with E-state index in [4.69, 9.17) is 9.52 Å². The number of rotatable bonds is 3. The Kier molecular flexibility index (Phi) is 2.36. The van der Waals surface area contributed by atoms with Crippen molar-refractivity contribution in [2.75, 3.05) is 0 Å². The predicted octanol–water partition coefficient (Wildman–Crippen LogP) is 1.51. The number of hydrogen-bond donors (Lipinski definition) is 1. The molecule has 1 N–H and O–H groups in total. The van der Waals surface area contributed by atoms with Gasteiger partial charge in [0.05, 0.1) is 6.20 Å². The van der Waals surface area contributed by atoms with E-state index in [9.17, 15) is 9.18 Å². The molecule has 0 aliphatic carbocycles. The van der Waals surface area contributed by atoms with Crippen LogP contribution in [0.15, 0.2) is 10.6 Å². The Morgan fingerprint density at radius 1 is 1.77 bits per heavy atom. The van der Waals surface area contributed by atoms with Gasteiger partial charge in [0.25, 0.3) is 0 Å². The summed E-state index contributed by atoms with van der Waals surface area (Å²) in [7, 11) is 0. The van der Waals surface area contributed by atoms with Crippen molar-refractivity contribution in [3.8, 4) is 0 Å². The number of aliphatic carboxylic acids is 1. The van der Waals surface area contributed by atoms with E-state index in [2.05, 4.69) is 4.98 Å². The van der Waals surface area contributed by atoms with Crippen LogP contribution in [0, 0.1) is 0 Å². The molecular weight excluding hydrogens is 177 g/mol. The first-order valence-corrected chi connectivity index (χ1v) is 3.75. The SMILES string of the molecule is CC(C)(F)c1ncc(CC(=O)O)o1. The summed E-state index contributed by atoms with van der Waals surface area (Å²) in [4.78, 5) is 13.9. The summed E-state index contributed by atoms with van der Waals surface area (Å²) in [6, 6.07) is 0. The van der Waals surface area contributed by atoms with Gasteiger partial charge in [-0.15, -0.1) is 0 Å². The van der Waals surface area contributed by atoms with Crippen molar-refractivity contribution in [1.82, 2.24) is 4.98 Å². The lowest BCUT2D eigenvalue weighted by atomic mass is 10.2. The zero-order chi connectivity index (χ0) is 10.1. The number of oxazole rings is 1. The molecule has 1 aromatic rings. The molecular formula is C8H10FNO3. The van der Waals surface area contributed by atoms with Gasteiger partial charge in [-0.3, -0.25) is 4.79 Å². The van der Waals surface area contributed by atoms with Crippen LogP contribution in [0.1, 0.15) is 25.5 Å². The van der Waals surface area contributed by atoms with E-state index in [1.165, 1.54) is 20.0 Å². The van der Waals surface area contributed by atoms with E-state index in [1.807, 2.05) is 0 Å². The van der Waals surface area contributed by atoms with Crippen LogP contribution in [0.5, 0.6) is 0 Å². The average Bonchev–Trinajstić information content (AvgIpc) is 2.32. The molecule has 5 heteroatoms. The Hall–Kier alpha value is -1.39. The average molecular weight is 187 g/mol. The summed E-state index contributed by atoms with van der Waals surface area (Å²) >= 11 is 0. The molecule has 4 nitrogen and oxygen atoms in total. The molecule has 1 heterocycles. The highest BCUT2D eigenvalue weighted by Gasteiger charge is 2.25. The van der Waals surface area contributed by atoms with E-state index in [1.54, 1.807) is 0 Å². The van der Waals surface area contributed by atoms with E-state index >= 15 is 0 Å². The third-order valence-electron chi connectivity index (χ3n) is 1.39. The van der Waals surface area contributed by atoms with Gasteiger partial charge in [0.15, 0.2) is 5.67 Å². The maximum atomic E-state index is 13.2. The van der Waals surface area contributed by atoms with Crippen molar-refractivity contribution in [3.05, 3.63) is 17.8 Å².